The number of amides is 2. The number of nitrogens with zero attached hydrogens (tertiary/aromatic N) is 3. The van der Waals surface area contributed by atoms with E-state index in [0.29, 0.717) is 29.5 Å². The van der Waals surface area contributed by atoms with Gasteiger partial charge in [-0.1, -0.05) is 0 Å². The number of anilines is 1. The van der Waals surface area contributed by atoms with Gasteiger partial charge in [0.2, 0.25) is 0 Å². The molecule has 2 N–H and O–H groups in total. The van der Waals surface area contributed by atoms with E-state index in [9.17, 15) is 9.18 Å². The van der Waals surface area contributed by atoms with Crippen molar-refractivity contribution in [3.8, 4) is 0 Å². The number of rotatable bonds is 3. The molecular weight excluding hydrogens is 329 g/mol. The van der Waals surface area contributed by atoms with Gasteiger partial charge in [-0.2, -0.15) is 5.10 Å². The Morgan fingerprint density at radius 1 is 1.38 bits per heavy atom. The molecule has 0 bridgehead atoms. The van der Waals surface area contributed by atoms with Crippen molar-refractivity contribution < 1.29 is 9.18 Å². The van der Waals surface area contributed by atoms with Crippen molar-refractivity contribution in [1.29, 1.82) is 0 Å². The van der Waals surface area contributed by atoms with E-state index < -0.39 is 0 Å². The second kappa shape index (κ2) is 7.12. The largest absolute Gasteiger partial charge is 0.324 e. The molecule has 1 fully saturated rings. The lowest BCUT2D eigenvalue weighted by Gasteiger charge is -2.31. The summed E-state index contributed by atoms with van der Waals surface area (Å²) in [7, 11) is 0. The Bertz CT molecular complexity index is 762. The van der Waals surface area contributed by atoms with Crippen molar-refractivity contribution in [2.24, 2.45) is 0 Å². The molecule has 128 valence electrons. The lowest BCUT2D eigenvalue weighted by Crippen LogP contribution is -2.40. The van der Waals surface area contributed by atoms with E-state index in [1.807, 2.05) is 11.5 Å². The van der Waals surface area contributed by atoms with E-state index in [1.165, 1.54) is 12.1 Å². The molecule has 0 spiro atoms. The number of H-pyrrole nitrogens is 1. The Balaban J connectivity index is 1.59. The standard InChI is InChI=1S/C16H20FN5OS/c1-2-22-14(19-20-16(22)24)11-7-9-21(10-8-11)15(23)18-13-5-3-12(17)4-6-13/h3-6,11H,2,7-10H2,1H3,(H,18,23)(H,20,24). The zero-order valence-corrected chi connectivity index (χ0v) is 14.3. The van der Waals surface area contributed by atoms with Gasteiger partial charge in [-0.05, 0) is 56.2 Å². The van der Waals surface area contributed by atoms with Crippen LogP contribution in [0.3, 0.4) is 0 Å². The van der Waals surface area contributed by atoms with Gasteiger partial charge in [0.05, 0.1) is 0 Å². The quantitative estimate of drug-likeness (QED) is 0.834. The fraction of sp³-hybridized carbons (Fsp3) is 0.438. The SMILES string of the molecule is CCn1c(C2CCN(C(=O)Nc3ccc(F)cc3)CC2)n[nH]c1=S. The third-order valence-electron chi connectivity index (χ3n) is 4.35. The minimum atomic E-state index is -0.321. The molecule has 0 radical (unpaired) electrons. The molecule has 2 heterocycles. The molecule has 1 aromatic heterocycles. The van der Waals surface area contributed by atoms with Gasteiger partial charge in [-0.15, -0.1) is 0 Å². The maximum atomic E-state index is 12.9. The van der Waals surface area contributed by atoms with Crippen LogP contribution in [0, 0.1) is 10.6 Å². The number of nitrogens with one attached hydrogen (secondary N) is 2. The van der Waals surface area contributed by atoms with Crippen molar-refractivity contribution in [3.05, 3.63) is 40.7 Å². The highest BCUT2D eigenvalue weighted by atomic mass is 32.1. The monoisotopic (exact) mass is 349 g/mol. The van der Waals surface area contributed by atoms with Gasteiger partial charge >= 0.3 is 6.03 Å². The molecule has 1 aliphatic heterocycles. The van der Waals surface area contributed by atoms with Crippen molar-refractivity contribution in [2.75, 3.05) is 18.4 Å². The Labute approximate surface area is 144 Å². The molecule has 0 aliphatic carbocycles. The fourth-order valence-corrected chi connectivity index (χ4v) is 3.29. The van der Waals surface area contributed by atoms with Gasteiger partial charge in [0.15, 0.2) is 4.77 Å². The minimum Gasteiger partial charge on any atom is -0.324 e. The number of hydrogen-bond donors (Lipinski definition) is 2. The summed E-state index contributed by atoms with van der Waals surface area (Å²) in [6, 6.07) is 5.61. The molecule has 2 aromatic rings. The number of benzene rings is 1. The first kappa shape index (κ1) is 16.6. The molecule has 1 aliphatic rings. The topological polar surface area (TPSA) is 66.0 Å². The predicted molar refractivity (Wildman–Crippen MR) is 92.1 cm³/mol. The first-order valence-corrected chi connectivity index (χ1v) is 8.46. The van der Waals surface area contributed by atoms with E-state index in [2.05, 4.69) is 15.5 Å². The summed E-state index contributed by atoms with van der Waals surface area (Å²) in [4.78, 5) is 14.1. The number of likely N-dealkylation sites (tertiary alicyclic amines) is 1. The summed E-state index contributed by atoms with van der Waals surface area (Å²) in [6.07, 6.45) is 1.69. The summed E-state index contributed by atoms with van der Waals surface area (Å²) in [5, 5.41) is 9.99. The Morgan fingerprint density at radius 3 is 2.67 bits per heavy atom. The number of aromatic amines is 1. The highest BCUT2D eigenvalue weighted by Gasteiger charge is 2.26. The molecular formula is C16H20FN5OS. The zero-order valence-electron chi connectivity index (χ0n) is 13.5. The molecule has 1 saturated heterocycles. The molecule has 24 heavy (non-hydrogen) atoms. The van der Waals surface area contributed by atoms with Gasteiger partial charge in [0.1, 0.15) is 11.6 Å². The summed E-state index contributed by atoms with van der Waals surface area (Å²) in [5.74, 6) is 0.951. The lowest BCUT2D eigenvalue weighted by atomic mass is 9.96. The molecule has 2 amide bonds. The Kier molecular flexibility index (Phi) is 4.94. The van der Waals surface area contributed by atoms with Gasteiger partial charge in [0.25, 0.3) is 0 Å². The van der Waals surface area contributed by atoms with Crippen molar-refractivity contribution in [2.45, 2.75) is 32.2 Å². The number of hydrogen-bond acceptors (Lipinski definition) is 3. The normalized spacial score (nSPS) is 15.5. The van der Waals surface area contributed by atoms with Crippen LogP contribution in [0.2, 0.25) is 0 Å². The molecule has 8 heteroatoms. The van der Waals surface area contributed by atoms with Crippen LogP contribution in [0.5, 0.6) is 0 Å². The second-order valence-corrected chi connectivity index (χ2v) is 6.22. The lowest BCUT2D eigenvalue weighted by molar-refractivity contribution is 0.193. The smallest absolute Gasteiger partial charge is 0.321 e. The number of carbonyl (C=O) groups is 1. The summed E-state index contributed by atoms with van der Waals surface area (Å²) in [5.41, 5.74) is 0.593. The van der Waals surface area contributed by atoms with Crippen LogP contribution in [0.1, 0.15) is 31.5 Å². The molecule has 3 rings (SSSR count). The van der Waals surface area contributed by atoms with Gasteiger partial charge < -0.3 is 14.8 Å². The molecule has 1 aromatic carbocycles. The Morgan fingerprint density at radius 2 is 2.04 bits per heavy atom. The van der Waals surface area contributed by atoms with Crippen molar-refractivity contribution in [1.82, 2.24) is 19.7 Å². The summed E-state index contributed by atoms with van der Waals surface area (Å²) >= 11 is 5.23. The first-order valence-electron chi connectivity index (χ1n) is 8.05. The van der Waals surface area contributed by atoms with Crippen molar-refractivity contribution >= 4 is 23.9 Å². The molecule has 0 atom stereocenters. The van der Waals surface area contributed by atoms with Crippen molar-refractivity contribution in [3.63, 3.8) is 0 Å². The first-order chi connectivity index (χ1) is 11.6. The zero-order chi connectivity index (χ0) is 17.1. The van der Waals surface area contributed by atoms with E-state index >= 15 is 0 Å². The van der Waals surface area contributed by atoms with E-state index in [4.69, 9.17) is 12.2 Å². The summed E-state index contributed by atoms with van der Waals surface area (Å²) < 4.78 is 15.6. The molecule has 6 nitrogen and oxygen atoms in total. The van der Waals surface area contributed by atoms with Crippen LogP contribution < -0.4 is 5.32 Å². The fourth-order valence-electron chi connectivity index (χ4n) is 3.02. The van der Waals surface area contributed by atoms with Crippen LogP contribution in [0.4, 0.5) is 14.9 Å². The minimum absolute atomic E-state index is 0.158. The van der Waals surface area contributed by atoms with E-state index in [1.54, 1.807) is 17.0 Å². The van der Waals surface area contributed by atoms with Crippen LogP contribution in [0.25, 0.3) is 0 Å². The summed E-state index contributed by atoms with van der Waals surface area (Å²) in [6.45, 7) is 4.14. The maximum Gasteiger partial charge on any atom is 0.321 e. The van der Waals surface area contributed by atoms with Crippen LogP contribution in [0.15, 0.2) is 24.3 Å². The highest BCUT2D eigenvalue weighted by molar-refractivity contribution is 7.71. The van der Waals surface area contributed by atoms with Crippen LogP contribution in [-0.4, -0.2) is 38.8 Å². The predicted octanol–water partition coefficient (Wildman–Crippen LogP) is 3.51. The highest BCUT2D eigenvalue weighted by Crippen LogP contribution is 2.27. The Hall–Kier alpha value is -2.22. The molecule has 0 unspecified atom stereocenters. The van der Waals surface area contributed by atoms with E-state index in [0.717, 1.165) is 25.2 Å². The number of urea groups is 1. The average molecular weight is 349 g/mol. The number of halogens is 1. The van der Waals surface area contributed by atoms with Gasteiger partial charge in [-0.3, -0.25) is 5.10 Å². The number of piperidine rings is 1. The van der Waals surface area contributed by atoms with Crippen LogP contribution in [-0.2, 0) is 6.54 Å². The van der Waals surface area contributed by atoms with E-state index in [-0.39, 0.29) is 11.8 Å². The average Bonchev–Trinajstić information content (AvgIpc) is 2.97. The van der Waals surface area contributed by atoms with Gasteiger partial charge in [0, 0.05) is 31.2 Å². The third kappa shape index (κ3) is 3.48. The third-order valence-corrected chi connectivity index (χ3v) is 4.66. The van der Waals surface area contributed by atoms with Gasteiger partial charge in [-0.25, -0.2) is 9.18 Å². The van der Waals surface area contributed by atoms with Crippen LogP contribution >= 0.6 is 12.2 Å². The maximum absolute atomic E-state index is 12.9. The number of aromatic nitrogens is 3. The number of carbonyl (C=O) groups excluding carboxylic acids is 1. The second-order valence-electron chi connectivity index (χ2n) is 5.83. The molecule has 0 saturated carbocycles.